The lowest BCUT2D eigenvalue weighted by Crippen LogP contribution is -2.44. The lowest BCUT2D eigenvalue weighted by molar-refractivity contribution is -0.119. The van der Waals surface area contributed by atoms with Crippen molar-refractivity contribution in [1.82, 2.24) is 0 Å². The highest BCUT2D eigenvalue weighted by atomic mass is 16.7. The predicted molar refractivity (Wildman–Crippen MR) is 92.6 cm³/mol. The molecule has 2 aromatic rings. The fourth-order valence-electron chi connectivity index (χ4n) is 3.19. The lowest BCUT2D eigenvalue weighted by atomic mass is 10.00. The summed E-state index contributed by atoms with van der Waals surface area (Å²) in [5, 5.41) is 3.37. The summed E-state index contributed by atoms with van der Waals surface area (Å²) in [6, 6.07) is 13.2. The quantitative estimate of drug-likeness (QED) is 0.938. The average molecular weight is 324 g/mol. The van der Waals surface area contributed by atoms with Gasteiger partial charge in [0.1, 0.15) is 6.04 Å². The van der Waals surface area contributed by atoms with Crippen molar-refractivity contribution in [3.05, 3.63) is 48.0 Å². The van der Waals surface area contributed by atoms with Crippen molar-refractivity contribution >= 4 is 17.3 Å². The molecule has 0 bridgehead atoms. The minimum atomic E-state index is -0.391. The number of amides is 1. The summed E-state index contributed by atoms with van der Waals surface area (Å²) in [6.07, 6.45) is 0. The molecule has 4 rings (SSSR count). The van der Waals surface area contributed by atoms with Gasteiger partial charge in [0.25, 0.3) is 5.91 Å². The van der Waals surface area contributed by atoms with Crippen molar-refractivity contribution in [3.63, 3.8) is 0 Å². The molecule has 0 aliphatic carbocycles. The van der Waals surface area contributed by atoms with Gasteiger partial charge in [0, 0.05) is 18.7 Å². The van der Waals surface area contributed by atoms with Crippen molar-refractivity contribution in [2.45, 2.75) is 19.9 Å². The van der Waals surface area contributed by atoms with Gasteiger partial charge in [0.05, 0.1) is 11.4 Å². The van der Waals surface area contributed by atoms with Gasteiger partial charge in [0.15, 0.2) is 11.5 Å². The normalized spacial score (nSPS) is 18.5. The molecule has 2 heterocycles. The minimum absolute atomic E-state index is 0.0567. The monoisotopic (exact) mass is 324 g/mol. The zero-order chi connectivity index (χ0) is 16.7. The van der Waals surface area contributed by atoms with Gasteiger partial charge in [-0.3, -0.25) is 4.79 Å². The molecule has 1 unspecified atom stereocenters. The van der Waals surface area contributed by atoms with Gasteiger partial charge in [0.2, 0.25) is 6.79 Å². The number of fused-ring (bicyclic) bond motifs is 2. The Labute approximate surface area is 141 Å². The molecule has 2 aliphatic heterocycles. The van der Waals surface area contributed by atoms with Crippen molar-refractivity contribution in [3.8, 4) is 11.5 Å². The van der Waals surface area contributed by atoms with Crippen LogP contribution in [0.4, 0.5) is 11.4 Å². The van der Waals surface area contributed by atoms with Crippen LogP contribution in [0.1, 0.15) is 25.5 Å². The summed E-state index contributed by atoms with van der Waals surface area (Å²) in [4.78, 5) is 15.0. The Morgan fingerprint density at radius 2 is 1.88 bits per heavy atom. The van der Waals surface area contributed by atoms with Crippen LogP contribution in [0.25, 0.3) is 0 Å². The molecule has 1 amide bonds. The zero-order valence-electron chi connectivity index (χ0n) is 13.8. The third-order valence-electron chi connectivity index (χ3n) is 4.28. The molecule has 0 spiro atoms. The van der Waals surface area contributed by atoms with E-state index >= 15 is 0 Å². The number of anilines is 2. The number of hydrogen-bond acceptors (Lipinski definition) is 4. The molecule has 0 aromatic heterocycles. The molecule has 124 valence electrons. The Kier molecular flexibility index (Phi) is 3.56. The Morgan fingerprint density at radius 1 is 1.17 bits per heavy atom. The third-order valence-corrected chi connectivity index (χ3v) is 4.28. The second kappa shape index (κ2) is 5.74. The van der Waals surface area contributed by atoms with Crippen LogP contribution in [0, 0.1) is 5.92 Å². The van der Waals surface area contributed by atoms with Gasteiger partial charge >= 0.3 is 0 Å². The zero-order valence-corrected chi connectivity index (χ0v) is 13.8. The maximum atomic E-state index is 13.1. The molecule has 2 aromatic carbocycles. The second-order valence-electron chi connectivity index (χ2n) is 6.55. The van der Waals surface area contributed by atoms with Gasteiger partial charge in [-0.05, 0) is 11.5 Å². The van der Waals surface area contributed by atoms with E-state index in [-0.39, 0.29) is 12.7 Å². The summed E-state index contributed by atoms with van der Waals surface area (Å²) in [5.74, 6) is 1.82. The number of rotatable bonds is 3. The van der Waals surface area contributed by atoms with Gasteiger partial charge in [-0.15, -0.1) is 0 Å². The fourth-order valence-corrected chi connectivity index (χ4v) is 3.19. The Bertz CT molecular complexity index is 774. The average Bonchev–Trinajstić information content (AvgIpc) is 3.03. The van der Waals surface area contributed by atoms with Crippen LogP contribution in [0.15, 0.2) is 42.5 Å². The second-order valence-corrected chi connectivity index (χ2v) is 6.55. The molecule has 2 aliphatic rings. The number of carbonyl (C=O) groups excluding carboxylic acids is 1. The third kappa shape index (κ3) is 2.46. The fraction of sp³-hybridized carbons (Fsp3) is 0.316. The maximum absolute atomic E-state index is 13.1. The highest BCUT2D eigenvalue weighted by molar-refractivity contribution is 6.06. The molecule has 5 heteroatoms. The van der Waals surface area contributed by atoms with Gasteiger partial charge < -0.3 is 19.7 Å². The van der Waals surface area contributed by atoms with Crippen LogP contribution in [0.2, 0.25) is 0 Å². The van der Waals surface area contributed by atoms with Crippen LogP contribution < -0.4 is 19.7 Å². The molecule has 0 saturated heterocycles. The number of nitrogens with zero attached hydrogens (tertiary/aromatic N) is 1. The lowest BCUT2D eigenvalue weighted by Gasteiger charge is -2.36. The van der Waals surface area contributed by atoms with E-state index in [2.05, 4.69) is 19.2 Å². The first-order valence-corrected chi connectivity index (χ1v) is 8.20. The topological polar surface area (TPSA) is 50.8 Å². The van der Waals surface area contributed by atoms with E-state index in [1.54, 1.807) is 0 Å². The number of hydrogen-bond donors (Lipinski definition) is 1. The minimum Gasteiger partial charge on any atom is -0.454 e. The van der Waals surface area contributed by atoms with Crippen LogP contribution in [-0.2, 0) is 4.79 Å². The van der Waals surface area contributed by atoms with E-state index in [0.29, 0.717) is 24.0 Å². The standard InChI is InChI=1S/C19H20N2O3/c1-12(2)10-21-15-9-17-16(23-11-24-17)8-14(15)20-18(19(21)22)13-6-4-3-5-7-13/h3-9,12,18,20H,10-11H2,1-2H3. The van der Waals surface area contributed by atoms with Gasteiger partial charge in [-0.1, -0.05) is 44.2 Å². The molecule has 0 radical (unpaired) electrons. The number of carbonyl (C=O) groups is 1. The van der Waals surface area contributed by atoms with Gasteiger partial charge in [-0.2, -0.15) is 0 Å². The Hall–Kier alpha value is -2.69. The van der Waals surface area contributed by atoms with E-state index in [1.807, 2.05) is 47.4 Å². The van der Waals surface area contributed by atoms with Crippen molar-refractivity contribution in [2.24, 2.45) is 5.92 Å². The first kappa shape index (κ1) is 14.9. The first-order valence-electron chi connectivity index (χ1n) is 8.20. The van der Waals surface area contributed by atoms with E-state index < -0.39 is 6.04 Å². The van der Waals surface area contributed by atoms with Crippen molar-refractivity contribution < 1.29 is 14.3 Å². The highest BCUT2D eigenvalue weighted by Gasteiger charge is 2.35. The van der Waals surface area contributed by atoms with E-state index in [0.717, 1.165) is 16.9 Å². The van der Waals surface area contributed by atoms with Gasteiger partial charge in [-0.25, -0.2) is 0 Å². The smallest absolute Gasteiger partial charge is 0.254 e. The molecule has 1 N–H and O–H groups in total. The SMILES string of the molecule is CC(C)CN1C(=O)C(c2ccccc2)Nc2cc3c(cc21)OCO3. The van der Waals surface area contributed by atoms with Crippen LogP contribution in [0.3, 0.4) is 0 Å². The largest absolute Gasteiger partial charge is 0.454 e. The summed E-state index contributed by atoms with van der Waals surface area (Å²) in [7, 11) is 0. The maximum Gasteiger partial charge on any atom is 0.254 e. The summed E-state index contributed by atoms with van der Waals surface area (Å²) < 4.78 is 11.0. The molecule has 1 atom stereocenters. The molecular weight excluding hydrogens is 304 g/mol. The first-order chi connectivity index (χ1) is 11.6. The van der Waals surface area contributed by atoms with E-state index in [4.69, 9.17) is 9.47 Å². The molecule has 5 nitrogen and oxygen atoms in total. The van der Waals surface area contributed by atoms with Crippen LogP contribution in [-0.4, -0.2) is 19.2 Å². The summed E-state index contributed by atoms with van der Waals surface area (Å²) >= 11 is 0. The number of nitrogens with one attached hydrogen (secondary N) is 1. The van der Waals surface area contributed by atoms with Crippen molar-refractivity contribution in [2.75, 3.05) is 23.6 Å². The molecule has 24 heavy (non-hydrogen) atoms. The molecule has 0 fully saturated rings. The number of ether oxygens (including phenoxy) is 2. The predicted octanol–water partition coefficient (Wildman–Crippen LogP) is 3.57. The van der Waals surface area contributed by atoms with Crippen molar-refractivity contribution in [1.29, 1.82) is 0 Å². The van der Waals surface area contributed by atoms with E-state index in [9.17, 15) is 4.79 Å². The van der Waals surface area contributed by atoms with Crippen LogP contribution >= 0.6 is 0 Å². The summed E-state index contributed by atoms with van der Waals surface area (Å²) in [5.41, 5.74) is 2.71. The molecular formula is C19H20N2O3. The molecule has 0 saturated carbocycles. The Balaban J connectivity index is 1.79. The summed E-state index contributed by atoms with van der Waals surface area (Å²) in [6.45, 7) is 5.11. The number of benzene rings is 2. The van der Waals surface area contributed by atoms with E-state index in [1.165, 1.54) is 0 Å². The highest BCUT2D eigenvalue weighted by Crippen LogP contribution is 2.45. The van der Waals surface area contributed by atoms with Crippen LogP contribution in [0.5, 0.6) is 11.5 Å². The Morgan fingerprint density at radius 3 is 2.58 bits per heavy atom.